The topological polar surface area (TPSA) is 84.2 Å². The molecule has 2 aromatic rings. The molecule has 0 N–H and O–H groups in total. The minimum absolute atomic E-state index is 0.00512. The number of carbonyl (C=O) groups is 1. The van der Waals surface area contributed by atoms with E-state index in [0.717, 1.165) is 5.56 Å². The number of hydrogen-bond acceptors (Lipinski definition) is 5. The average Bonchev–Trinajstić information content (AvgIpc) is 2.59. The fourth-order valence-electron chi connectivity index (χ4n) is 2.10. The van der Waals surface area contributed by atoms with Gasteiger partial charge in [0.1, 0.15) is 11.8 Å². The van der Waals surface area contributed by atoms with Crippen molar-refractivity contribution in [2.45, 2.75) is 19.1 Å². The maximum atomic E-state index is 12.3. The Labute approximate surface area is 147 Å². The number of benzene rings is 2. The Kier molecular flexibility index (Phi) is 6.09. The van der Waals surface area contributed by atoms with Gasteiger partial charge in [0.15, 0.2) is 11.5 Å². The highest BCUT2D eigenvalue weighted by molar-refractivity contribution is 7.86. The Hall–Kier alpha value is -2.91. The Bertz CT molecular complexity index is 940. The lowest BCUT2D eigenvalue weighted by molar-refractivity contribution is -0.114. The molecule has 0 saturated heterocycles. The first-order valence-electron chi connectivity index (χ1n) is 7.64. The smallest absolute Gasteiger partial charge is 0.313 e. The van der Waals surface area contributed by atoms with E-state index in [1.807, 2.05) is 6.07 Å². The third-order valence-electron chi connectivity index (χ3n) is 3.33. The second kappa shape index (κ2) is 8.27. The molecule has 0 amide bonds. The van der Waals surface area contributed by atoms with Gasteiger partial charge >= 0.3 is 10.1 Å². The summed E-state index contributed by atoms with van der Waals surface area (Å²) in [7, 11) is -3.92. The highest BCUT2D eigenvalue weighted by Gasteiger charge is 2.16. The van der Waals surface area contributed by atoms with Crippen molar-refractivity contribution in [3.05, 3.63) is 71.3 Å². The minimum atomic E-state index is -3.92. The van der Waals surface area contributed by atoms with Gasteiger partial charge in [0.25, 0.3) is 0 Å². The summed E-state index contributed by atoms with van der Waals surface area (Å²) in [6.45, 7) is 1.77. The molecule has 6 heteroatoms. The third-order valence-corrected chi connectivity index (χ3v) is 4.45. The summed E-state index contributed by atoms with van der Waals surface area (Å²) in [6, 6.07) is 14.9. The highest BCUT2D eigenvalue weighted by Crippen LogP contribution is 2.20. The van der Waals surface area contributed by atoms with Crippen LogP contribution in [0.3, 0.4) is 0 Å². The number of hydrogen-bond donors (Lipinski definition) is 0. The molecule has 0 aliphatic heterocycles. The van der Waals surface area contributed by atoms with Gasteiger partial charge in [-0.15, -0.1) is 0 Å². The molecule has 0 aliphatic carbocycles. The van der Waals surface area contributed by atoms with Crippen LogP contribution >= 0.6 is 0 Å². The van der Waals surface area contributed by atoms with Crippen LogP contribution in [0.5, 0.6) is 5.75 Å². The fourth-order valence-corrected chi connectivity index (χ4v) is 3.16. The van der Waals surface area contributed by atoms with Crippen LogP contribution in [0.15, 0.2) is 54.6 Å². The van der Waals surface area contributed by atoms with E-state index in [1.54, 1.807) is 49.4 Å². The van der Waals surface area contributed by atoms with Gasteiger partial charge in [-0.2, -0.15) is 13.7 Å². The van der Waals surface area contributed by atoms with Crippen molar-refractivity contribution in [3.63, 3.8) is 0 Å². The number of allylic oxidation sites excluding steroid dienone is 1. The molecule has 0 fully saturated rings. The van der Waals surface area contributed by atoms with Crippen molar-refractivity contribution >= 4 is 22.0 Å². The summed E-state index contributed by atoms with van der Waals surface area (Å²) >= 11 is 0. The van der Waals surface area contributed by atoms with E-state index in [1.165, 1.54) is 18.2 Å². The van der Waals surface area contributed by atoms with Crippen molar-refractivity contribution in [2.24, 2.45) is 0 Å². The van der Waals surface area contributed by atoms with Crippen molar-refractivity contribution in [1.29, 1.82) is 5.26 Å². The summed E-state index contributed by atoms with van der Waals surface area (Å²) in [4.78, 5) is 11.3. The first kappa shape index (κ1) is 18.4. The van der Waals surface area contributed by atoms with Crippen LogP contribution in [-0.2, 0) is 20.7 Å². The summed E-state index contributed by atoms with van der Waals surface area (Å²) in [5, 5.41) is 9.01. The zero-order valence-corrected chi connectivity index (χ0v) is 14.5. The lowest BCUT2D eigenvalue weighted by Gasteiger charge is -2.08. The molecule has 0 heterocycles. The molecule has 0 aliphatic rings. The van der Waals surface area contributed by atoms with Gasteiger partial charge in [0.05, 0.1) is 5.56 Å². The number of nitriles is 1. The molecule has 2 aromatic carbocycles. The predicted molar refractivity (Wildman–Crippen MR) is 95.2 cm³/mol. The molecular formula is C19H17NO4S. The second-order valence-corrected chi connectivity index (χ2v) is 6.86. The molecule has 0 atom stereocenters. The molecular weight excluding hydrogens is 338 g/mol. The van der Waals surface area contributed by atoms with Crippen LogP contribution in [0.4, 0.5) is 0 Å². The average molecular weight is 355 g/mol. The Morgan fingerprint density at radius 3 is 2.68 bits per heavy atom. The monoisotopic (exact) mass is 355 g/mol. The predicted octanol–water partition coefficient (Wildman–Crippen LogP) is 3.46. The van der Waals surface area contributed by atoms with E-state index in [4.69, 9.17) is 9.44 Å². The zero-order chi connectivity index (χ0) is 18.3. The summed E-state index contributed by atoms with van der Waals surface area (Å²) in [5.41, 5.74) is 1.41. The molecule has 0 aromatic heterocycles. The van der Waals surface area contributed by atoms with Gasteiger partial charge in [-0.1, -0.05) is 49.4 Å². The molecule has 2 rings (SSSR count). The van der Waals surface area contributed by atoms with Crippen LogP contribution in [0, 0.1) is 11.3 Å². The van der Waals surface area contributed by atoms with Crippen molar-refractivity contribution in [3.8, 4) is 11.8 Å². The molecule has 0 bridgehead atoms. The van der Waals surface area contributed by atoms with E-state index in [-0.39, 0.29) is 22.8 Å². The quantitative estimate of drug-likeness (QED) is 0.561. The molecule has 5 nitrogen and oxygen atoms in total. The zero-order valence-electron chi connectivity index (χ0n) is 13.7. The van der Waals surface area contributed by atoms with E-state index in [9.17, 15) is 13.2 Å². The molecule has 0 radical (unpaired) electrons. The standard InChI is InChI=1S/C19H17NO4S/c1-2-18(21)11-10-15-6-5-7-16(12-15)14-25(22,23)24-19-9-4-3-8-17(19)13-20/h3-12H,2,14H2,1H3/b11-10+. The van der Waals surface area contributed by atoms with E-state index < -0.39 is 10.1 Å². The van der Waals surface area contributed by atoms with Gasteiger partial charge < -0.3 is 4.18 Å². The maximum Gasteiger partial charge on any atom is 0.313 e. The summed E-state index contributed by atoms with van der Waals surface area (Å²) in [6.07, 6.45) is 3.53. The van der Waals surface area contributed by atoms with Crippen LogP contribution in [0.2, 0.25) is 0 Å². The number of ketones is 1. The van der Waals surface area contributed by atoms with Crippen LogP contribution in [-0.4, -0.2) is 14.2 Å². The van der Waals surface area contributed by atoms with Crippen LogP contribution in [0.1, 0.15) is 30.0 Å². The molecule has 0 saturated carbocycles. The lowest BCUT2D eigenvalue weighted by atomic mass is 10.1. The SMILES string of the molecule is CCC(=O)/C=C/c1cccc(CS(=O)(=O)Oc2ccccc2C#N)c1. The molecule has 0 unspecified atom stereocenters. The Morgan fingerprint density at radius 1 is 1.20 bits per heavy atom. The van der Waals surface area contributed by atoms with Gasteiger partial charge in [0.2, 0.25) is 0 Å². The van der Waals surface area contributed by atoms with Gasteiger partial charge in [-0.05, 0) is 29.3 Å². The van der Waals surface area contributed by atoms with Crippen LogP contribution in [0.25, 0.3) is 6.08 Å². The number of rotatable bonds is 7. The minimum Gasteiger partial charge on any atom is -0.381 e. The molecule has 25 heavy (non-hydrogen) atoms. The van der Waals surface area contributed by atoms with Gasteiger partial charge in [-0.3, -0.25) is 4.79 Å². The normalized spacial score (nSPS) is 11.2. The number of nitrogens with zero attached hydrogens (tertiary/aromatic N) is 1. The summed E-state index contributed by atoms with van der Waals surface area (Å²) in [5.74, 6) is -0.333. The fraction of sp³-hybridized carbons (Fsp3) is 0.158. The van der Waals surface area contributed by atoms with Crippen molar-refractivity contribution in [2.75, 3.05) is 0 Å². The van der Waals surface area contributed by atoms with E-state index >= 15 is 0 Å². The maximum absolute atomic E-state index is 12.3. The third kappa shape index (κ3) is 5.59. The summed E-state index contributed by atoms with van der Waals surface area (Å²) < 4.78 is 29.6. The van der Waals surface area contributed by atoms with Crippen LogP contribution < -0.4 is 4.18 Å². The first-order valence-corrected chi connectivity index (χ1v) is 9.22. The molecule has 0 spiro atoms. The largest absolute Gasteiger partial charge is 0.381 e. The Balaban J connectivity index is 2.17. The highest BCUT2D eigenvalue weighted by atomic mass is 32.2. The van der Waals surface area contributed by atoms with E-state index in [0.29, 0.717) is 12.0 Å². The Morgan fingerprint density at radius 2 is 1.96 bits per heavy atom. The van der Waals surface area contributed by atoms with E-state index in [2.05, 4.69) is 0 Å². The second-order valence-electron chi connectivity index (χ2n) is 5.29. The van der Waals surface area contributed by atoms with Crippen molar-refractivity contribution < 1.29 is 17.4 Å². The number of para-hydroxylation sites is 1. The lowest BCUT2D eigenvalue weighted by Crippen LogP contribution is -2.12. The van der Waals surface area contributed by atoms with Gasteiger partial charge in [-0.25, -0.2) is 0 Å². The number of carbonyl (C=O) groups excluding carboxylic acids is 1. The van der Waals surface area contributed by atoms with Gasteiger partial charge in [0, 0.05) is 6.42 Å². The van der Waals surface area contributed by atoms with Crippen molar-refractivity contribution in [1.82, 2.24) is 0 Å². The first-order chi connectivity index (χ1) is 11.9. The molecule has 128 valence electrons.